The summed E-state index contributed by atoms with van der Waals surface area (Å²) in [7, 11) is 0. The molecule has 0 spiro atoms. The van der Waals surface area contributed by atoms with Crippen molar-refractivity contribution in [3.63, 3.8) is 0 Å². The van der Waals surface area contributed by atoms with E-state index in [1.54, 1.807) is 18.2 Å². The van der Waals surface area contributed by atoms with Crippen LogP contribution in [0.1, 0.15) is 28.4 Å². The molecule has 0 aromatic heterocycles. The van der Waals surface area contributed by atoms with E-state index < -0.39 is 11.7 Å². The van der Waals surface area contributed by atoms with Crippen LogP contribution in [0.4, 0.5) is 4.39 Å². The lowest BCUT2D eigenvalue weighted by Crippen LogP contribution is -2.17. The van der Waals surface area contributed by atoms with Crippen molar-refractivity contribution in [2.24, 2.45) is 5.10 Å². The molecule has 0 bridgehead atoms. The number of nitrogens with one attached hydrogen (secondary N) is 1. The number of halogens is 3. The molecule has 3 rings (SSSR count). The summed E-state index contributed by atoms with van der Waals surface area (Å²) >= 11 is 9.70. The zero-order chi connectivity index (χ0) is 22.2. The molecule has 0 fully saturated rings. The maximum atomic E-state index is 13.0. The van der Waals surface area contributed by atoms with Crippen LogP contribution in [0, 0.1) is 5.82 Å². The van der Waals surface area contributed by atoms with Gasteiger partial charge in [0.15, 0.2) is 11.5 Å². The summed E-state index contributed by atoms with van der Waals surface area (Å²) in [6.07, 6.45) is 1.48. The molecule has 3 aromatic rings. The van der Waals surface area contributed by atoms with Gasteiger partial charge in [-0.2, -0.15) is 5.10 Å². The number of carbonyl (C=O) groups excluding carboxylic acids is 1. The highest BCUT2D eigenvalue weighted by atomic mass is 79.9. The molecule has 0 atom stereocenters. The molecule has 160 valence electrons. The summed E-state index contributed by atoms with van der Waals surface area (Å²) in [5.74, 6) is 0.203. The third-order valence-electron chi connectivity index (χ3n) is 4.15. The number of hydrazone groups is 1. The van der Waals surface area contributed by atoms with E-state index in [9.17, 15) is 9.18 Å². The van der Waals surface area contributed by atoms with Crippen LogP contribution >= 0.6 is 27.5 Å². The Bertz CT molecular complexity index is 1090. The average molecular weight is 506 g/mol. The first-order chi connectivity index (χ1) is 15.0. The molecule has 8 heteroatoms. The molecule has 5 nitrogen and oxygen atoms in total. The lowest BCUT2D eigenvalue weighted by atomic mass is 10.2. The molecule has 0 aliphatic carbocycles. The molecule has 0 unspecified atom stereocenters. The lowest BCUT2D eigenvalue weighted by Gasteiger charge is -2.15. The lowest BCUT2D eigenvalue weighted by molar-refractivity contribution is 0.0955. The minimum absolute atomic E-state index is 0.277. The van der Waals surface area contributed by atoms with Crippen molar-refractivity contribution in [2.75, 3.05) is 6.61 Å². The number of benzene rings is 3. The Kier molecular flexibility index (Phi) is 8.03. The van der Waals surface area contributed by atoms with Crippen LogP contribution < -0.4 is 14.9 Å². The second-order valence-electron chi connectivity index (χ2n) is 6.35. The van der Waals surface area contributed by atoms with Gasteiger partial charge in [0.2, 0.25) is 0 Å². The molecular weight excluding hydrogens is 487 g/mol. The fourth-order valence-corrected chi connectivity index (χ4v) is 3.43. The van der Waals surface area contributed by atoms with Gasteiger partial charge in [0.05, 0.1) is 17.3 Å². The van der Waals surface area contributed by atoms with Gasteiger partial charge in [-0.3, -0.25) is 4.79 Å². The molecule has 0 heterocycles. The number of hydrogen-bond acceptors (Lipinski definition) is 4. The molecule has 1 N–H and O–H groups in total. The third kappa shape index (κ3) is 6.29. The predicted molar refractivity (Wildman–Crippen MR) is 123 cm³/mol. The third-order valence-corrected chi connectivity index (χ3v) is 5.11. The molecule has 0 radical (unpaired) electrons. The number of hydrogen-bond donors (Lipinski definition) is 1. The summed E-state index contributed by atoms with van der Waals surface area (Å²) in [4.78, 5) is 12.1. The number of ether oxygens (including phenoxy) is 2. The Morgan fingerprint density at radius 1 is 1.16 bits per heavy atom. The Balaban J connectivity index is 1.73. The highest BCUT2D eigenvalue weighted by Crippen LogP contribution is 2.37. The second-order valence-corrected chi connectivity index (χ2v) is 7.61. The normalized spacial score (nSPS) is 10.8. The minimum atomic E-state index is -0.444. The van der Waals surface area contributed by atoms with Gasteiger partial charge in [-0.05, 0) is 70.9 Å². The maximum Gasteiger partial charge on any atom is 0.271 e. The Hall–Kier alpha value is -2.90. The van der Waals surface area contributed by atoms with Gasteiger partial charge < -0.3 is 9.47 Å². The summed E-state index contributed by atoms with van der Waals surface area (Å²) in [5, 5.41) is 4.59. The van der Waals surface area contributed by atoms with E-state index in [0.717, 1.165) is 5.56 Å². The smallest absolute Gasteiger partial charge is 0.271 e. The summed E-state index contributed by atoms with van der Waals surface area (Å²) in [5.41, 5.74) is 4.25. The first-order valence-corrected chi connectivity index (χ1v) is 10.6. The predicted octanol–water partition coefficient (Wildman–Crippen LogP) is 5.98. The summed E-state index contributed by atoms with van der Waals surface area (Å²) in [6.45, 7) is 2.59. The number of nitrogens with zero attached hydrogens (tertiary/aromatic N) is 1. The van der Waals surface area contributed by atoms with E-state index in [0.29, 0.717) is 38.7 Å². The first-order valence-electron chi connectivity index (χ1n) is 9.39. The van der Waals surface area contributed by atoms with Crippen LogP contribution in [0.15, 0.2) is 70.2 Å². The molecule has 31 heavy (non-hydrogen) atoms. The van der Waals surface area contributed by atoms with Crippen molar-refractivity contribution in [3.05, 3.63) is 92.7 Å². The quantitative estimate of drug-likeness (QED) is 0.302. The first kappa shape index (κ1) is 22.8. The van der Waals surface area contributed by atoms with Gasteiger partial charge in [0.25, 0.3) is 5.91 Å². The van der Waals surface area contributed by atoms with Crippen molar-refractivity contribution in [2.45, 2.75) is 13.5 Å². The van der Waals surface area contributed by atoms with Crippen LogP contribution in [-0.4, -0.2) is 18.7 Å². The van der Waals surface area contributed by atoms with Crippen LogP contribution in [0.2, 0.25) is 5.02 Å². The molecule has 0 aliphatic rings. The largest absolute Gasteiger partial charge is 0.490 e. The fraction of sp³-hybridized carbons (Fsp3) is 0.130. The SMILES string of the molecule is CCOc1cc(/C=N\NC(=O)c2ccc(F)cc2)cc(Br)c1OCc1ccccc1Cl. The van der Waals surface area contributed by atoms with E-state index in [2.05, 4.69) is 26.5 Å². The Morgan fingerprint density at radius 3 is 2.61 bits per heavy atom. The molecule has 1 amide bonds. The standard InChI is InChI=1S/C23H19BrClFN2O3/c1-2-30-21-12-15(13-27-28-23(29)16-7-9-18(26)10-8-16)11-19(24)22(21)31-14-17-5-3-4-6-20(17)25/h3-13H,2,14H2,1H3,(H,28,29)/b27-13-. The van der Waals surface area contributed by atoms with Crippen molar-refractivity contribution < 1.29 is 18.7 Å². The number of carbonyl (C=O) groups is 1. The van der Waals surface area contributed by atoms with Crippen LogP contribution in [0.25, 0.3) is 0 Å². The van der Waals surface area contributed by atoms with Gasteiger partial charge in [-0.25, -0.2) is 9.82 Å². The monoisotopic (exact) mass is 504 g/mol. The average Bonchev–Trinajstić information content (AvgIpc) is 2.75. The van der Waals surface area contributed by atoms with Gasteiger partial charge in [-0.1, -0.05) is 29.8 Å². The van der Waals surface area contributed by atoms with Crippen molar-refractivity contribution in [1.29, 1.82) is 0 Å². The van der Waals surface area contributed by atoms with Crippen molar-refractivity contribution in [1.82, 2.24) is 5.43 Å². The van der Waals surface area contributed by atoms with E-state index in [1.165, 1.54) is 30.5 Å². The molecule has 0 saturated carbocycles. The summed E-state index contributed by atoms with van der Waals surface area (Å²) < 4.78 is 25.3. The van der Waals surface area contributed by atoms with Crippen molar-refractivity contribution >= 4 is 39.7 Å². The highest BCUT2D eigenvalue weighted by Gasteiger charge is 2.13. The zero-order valence-corrected chi connectivity index (χ0v) is 18.9. The Labute approximate surface area is 193 Å². The highest BCUT2D eigenvalue weighted by molar-refractivity contribution is 9.10. The van der Waals surface area contributed by atoms with Crippen molar-refractivity contribution in [3.8, 4) is 11.5 Å². The molecule has 0 aliphatic heterocycles. The zero-order valence-electron chi connectivity index (χ0n) is 16.6. The number of rotatable bonds is 8. The van der Waals surface area contributed by atoms with Gasteiger partial charge >= 0.3 is 0 Å². The maximum absolute atomic E-state index is 13.0. The second kappa shape index (κ2) is 10.9. The number of amides is 1. The molecular formula is C23H19BrClFN2O3. The topological polar surface area (TPSA) is 59.9 Å². The van der Waals surface area contributed by atoms with E-state index in [4.69, 9.17) is 21.1 Å². The van der Waals surface area contributed by atoms with Gasteiger partial charge in [0, 0.05) is 16.1 Å². The van der Waals surface area contributed by atoms with Gasteiger partial charge in [0.1, 0.15) is 12.4 Å². The fourth-order valence-electron chi connectivity index (χ4n) is 2.66. The summed E-state index contributed by atoms with van der Waals surface area (Å²) in [6, 6.07) is 16.2. The van der Waals surface area contributed by atoms with E-state index >= 15 is 0 Å². The molecule has 3 aromatic carbocycles. The molecule has 0 saturated heterocycles. The van der Waals surface area contributed by atoms with Crippen LogP contribution in [0.3, 0.4) is 0 Å². The van der Waals surface area contributed by atoms with Crippen LogP contribution in [-0.2, 0) is 6.61 Å². The van der Waals surface area contributed by atoms with Gasteiger partial charge in [-0.15, -0.1) is 0 Å². The Morgan fingerprint density at radius 2 is 1.90 bits per heavy atom. The van der Waals surface area contributed by atoms with E-state index in [-0.39, 0.29) is 6.61 Å². The van der Waals surface area contributed by atoms with E-state index in [1.807, 2.05) is 25.1 Å². The minimum Gasteiger partial charge on any atom is -0.490 e. The van der Waals surface area contributed by atoms with Crippen LogP contribution in [0.5, 0.6) is 11.5 Å².